The topological polar surface area (TPSA) is 41.5 Å². The first-order chi connectivity index (χ1) is 6.77. The zero-order valence-corrected chi connectivity index (χ0v) is 8.80. The largest absolute Gasteiger partial charge is 0.358 e. The predicted octanol–water partition coefficient (Wildman–Crippen LogP) is 1.86. The third-order valence-electron chi connectivity index (χ3n) is 1.67. The maximum atomic E-state index is 11.0. The molecule has 0 bridgehead atoms. The van der Waals surface area contributed by atoms with Crippen LogP contribution in [0.25, 0.3) is 0 Å². The Morgan fingerprint density at radius 3 is 2.93 bits per heavy atom. The lowest BCUT2D eigenvalue weighted by molar-refractivity contribution is -0.118. The molecule has 0 unspecified atom stereocenters. The number of rotatable bonds is 4. The molecule has 0 fully saturated rings. The zero-order chi connectivity index (χ0) is 10.4. The molecule has 0 aliphatic rings. The molecular weight excluding hydrogens is 196 g/mol. The van der Waals surface area contributed by atoms with E-state index in [2.05, 4.69) is 17.0 Å². The summed E-state index contributed by atoms with van der Waals surface area (Å²) in [5, 5.41) is 2.57. The predicted molar refractivity (Wildman–Crippen MR) is 60.4 cm³/mol. The van der Waals surface area contributed by atoms with E-state index in [1.165, 1.54) is 11.8 Å². The molecule has 74 valence electrons. The monoisotopic (exact) mass is 208 g/mol. The molecule has 1 amide bonds. The number of carbonyl (C=O) groups is 1. The van der Waals surface area contributed by atoms with E-state index in [4.69, 9.17) is 0 Å². The first kappa shape index (κ1) is 10.8. The van der Waals surface area contributed by atoms with Gasteiger partial charge in [-0.3, -0.25) is 9.79 Å². The van der Waals surface area contributed by atoms with Gasteiger partial charge in [0.1, 0.15) is 0 Å². The van der Waals surface area contributed by atoms with Gasteiger partial charge in [0.25, 0.3) is 0 Å². The van der Waals surface area contributed by atoms with Crippen molar-refractivity contribution in [2.24, 2.45) is 4.99 Å². The van der Waals surface area contributed by atoms with Crippen molar-refractivity contribution in [2.45, 2.75) is 4.90 Å². The van der Waals surface area contributed by atoms with Crippen molar-refractivity contribution in [1.82, 2.24) is 5.32 Å². The van der Waals surface area contributed by atoms with Crippen molar-refractivity contribution in [2.75, 3.05) is 12.8 Å². The van der Waals surface area contributed by atoms with E-state index in [-0.39, 0.29) is 5.91 Å². The molecule has 4 heteroatoms. The van der Waals surface area contributed by atoms with Crippen molar-refractivity contribution >= 4 is 30.1 Å². The van der Waals surface area contributed by atoms with Crippen LogP contribution in [-0.4, -0.2) is 25.4 Å². The van der Waals surface area contributed by atoms with E-state index in [1.807, 2.05) is 24.3 Å². The average Bonchev–Trinajstić information content (AvgIpc) is 2.26. The van der Waals surface area contributed by atoms with Crippen LogP contribution in [0, 0.1) is 0 Å². The lowest BCUT2D eigenvalue weighted by Crippen LogP contribution is -2.19. The minimum Gasteiger partial charge on any atom is -0.358 e. The molecule has 1 aromatic rings. The van der Waals surface area contributed by atoms with Crippen LogP contribution in [0.1, 0.15) is 0 Å². The van der Waals surface area contributed by atoms with Crippen LogP contribution >= 0.6 is 11.8 Å². The minimum atomic E-state index is 0.00821. The Balaban J connectivity index is 2.66. The molecule has 1 N–H and O–H groups in total. The normalized spacial score (nSPS) is 9.50. The molecule has 0 radical (unpaired) electrons. The molecule has 0 spiro atoms. The van der Waals surface area contributed by atoms with Gasteiger partial charge >= 0.3 is 0 Å². The average molecular weight is 208 g/mol. The fourth-order valence-corrected chi connectivity index (χ4v) is 1.81. The number of carbonyl (C=O) groups excluding carboxylic acids is 1. The summed E-state index contributed by atoms with van der Waals surface area (Å²) in [4.78, 5) is 15.9. The van der Waals surface area contributed by atoms with Gasteiger partial charge in [0.2, 0.25) is 5.91 Å². The lowest BCUT2D eigenvalue weighted by atomic mass is 10.3. The number of hydrogen-bond acceptors (Lipinski definition) is 3. The fourth-order valence-electron chi connectivity index (χ4n) is 0.925. The van der Waals surface area contributed by atoms with Crippen molar-refractivity contribution in [3.63, 3.8) is 0 Å². The number of para-hydroxylation sites is 1. The number of nitrogens with zero attached hydrogens (tertiary/aromatic N) is 1. The third-order valence-corrected chi connectivity index (χ3v) is 2.74. The maximum Gasteiger partial charge on any atom is 0.230 e. The minimum absolute atomic E-state index is 0.00821. The Hall–Kier alpha value is -1.29. The van der Waals surface area contributed by atoms with E-state index >= 15 is 0 Å². The summed E-state index contributed by atoms with van der Waals surface area (Å²) in [5.74, 6) is 0.414. The molecule has 0 saturated carbocycles. The van der Waals surface area contributed by atoms with Crippen LogP contribution in [0.3, 0.4) is 0 Å². The molecular formula is C10H12N2OS. The molecule has 0 saturated heterocycles. The molecule has 1 aromatic carbocycles. The second-order valence-electron chi connectivity index (χ2n) is 2.59. The molecule has 1 rings (SSSR count). The zero-order valence-electron chi connectivity index (χ0n) is 7.99. The van der Waals surface area contributed by atoms with Gasteiger partial charge in [0.15, 0.2) is 0 Å². The van der Waals surface area contributed by atoms with Crippen LogP contribution in [0.15, 0.2) is 34.2 Å². The number of hydrogen-bond donors (Lipinski definition) is 1. The van der Waals surface area contributed by atoms with E-state index in [0.29, 0.717) is 5.75 Å². The summed E-state index contributed by atoms with van der Waals surface area (Å²) in [6.45, 7) is 3.47. The van der Waals surface area contributed by atoms with Crippen LogP contribution in [-0.2, 0) is 4.79 Å². The molecule has 0 aliphatic carbocycles. The second-order valence-corrected chi connectivity index (χ2v) is 3.60. The molecule has 0 atom stereocenters. The van der Waals surface area contributed by atoms with Crippen molar-refractivity contribution in [3.8, 4) is 0 Å². The van der Waals surface area contributed by atoms with Gasteiger partial charge < -0.3 is 5.32 Å². The smallest absolute Gasteiger partial charge is 0.230 e. The van der Waals surface area contributed by atoms with E-state index < -0.39 is 0 Å². The summed E-state index contributed by atoms with van der Waals surface area (Å²) in [5.41, 5.74) is 0.821. The molecule has 0 aliphatic heterocycles. The highest BCUT2D eigenvalue weighted by molar-refractivity contribution is 8.00. The number of thioether (sulfide) groups is 1. The summed E-state index contributed by atoms with van der Waals surface area (Å²) in [6, 6.07) is 7.62. The van der Waals surface area contributed by atoms with Crippen molar-refractivity contribution < 1.29 is 4.79 Å². The van der Waals surface area contributed by atoms with Crippen LogP contribution < -0.4 is 5.32 Å². The van der Waals surface area contributed by atoms with Gasteiger partial charge in [0, 0.05) is 11.9 Å². The number of nitrogens with one attached hydrogen (secondary N) is 1. The Morgan fingerprint density at radius 1 is 1.57 bits per heavy atom. The number of aliphatic imine (C=N–C) groups is 1. The maximum absolute atomic E-state index is 11.0. The van der Waals surface area contributed by atoms with Gasteiger partial charge in [-0.25, -0.2) is 0 Å². The molecule has 0 heterocycles. The van der Waals surface area contributed by atoms with Crippen LogP contribution in [0.4, 0.5) is 5.69 Å². The van der Waals surface area contributed by atoms with Gasteiger partial charge in [-0.2, -0.15) is 0 Å². The Kier molecular flexibility index (Phi) is 4.19. The molecule has 0 aromatic heterocycles. The first-order valence-electron chi connectivity index (χ1n) is 4.17. The second kappa shape index (κ2) is 5.44. The summed E-state index contributed by atoms with van der Waals surface area (Å²) in [7, 11) is 1.63. The van der Waals surface area contributed by atoms with Gasteiger partial charge in [-0.1, -0.05) is 12.1 Å². The Morgan fingerprint density at radius 2 is 2.29 bits per heavy atom. The van der Waals surface area contributed by atoms with E-state index in [9.17, 15) is 4.79 Å². The van der Waals surface area contributed by atoms with Crippen molar-refractivity contribution in [3.05, 3.63) is 24.3 Å². The van der Waals surface area contributed by atoms with Gasteiger partial charge in [-0.15, -0.1) is 11.8 Å². The van der Waals surface area contributed by atoms with E-state index in [0.717, 1.165) is 10.6 Å². The number of benzene rings is 1. The summed E-state index contributed by atoms with van der Waals surface area (Å²) in [6.07, 6.45) is 0. The third kappa shape index (κ3) is 2.88. The highest BCUT2D eigenvalue weighted by Crippen LogP contribution is 2.28. The van der Waals surface area contributed by atoms with Gasteiger partial charge in [-0.05, 0) is 18.9 Å². The summed E-state index contributed by atoms with van der Waals surface area (Å²) < 4.78 is 0. The highest BCUT2D eigenvalue weighted by Gasteiger charge is 2.03. The summed E-state index contributed by atoms with van der Waals surface area (Å²) >= 11 is 1.46. The first-order valence-corrected chi connectivity index (χ1v) is 5.15. The Bertz CT molecular complexity index is 339. The van der Waals surface area contributed by atoms with Crippen LogP contribution in [0.5, 0.6) is 0 Å². The van der Waals surface area contributed by atoms with Gasteiger partial charge in [0.05, 0.1) is 11.4 Å². The van der Waals surface area contributed by atoms with E-state index in [1.54, 1.807) is 7.05 Å². The highest BCUT2D eigenvalue weighted by atomic mass is 32.2. The molecule has 14 heavy (non-hydrogen) atoms. The number of amides is 1. The Labute approximate surface area is 87.6 Å². The lowest BCUT2D eigenvalue weighted by Gasteiger charge is -2.03. The SMILES string of the molecule is C=Nc1ccccc1SCC(=O)NC. The van der Waals surface area contributed by atoms with Crippen molar-refractivity contribution in [1.29, 1.82) is 0 Å². The van der Waals surface area contributed by atoms with Crippen LogP contribution in [0.2, 0.25) is 0 Å². The molecule has 3 nitrogen and oxygen atoms in total. The standard InChI is InChI=1S/C10H12N2OS/c1-11-8-5-3-4-6-9(8)14-7-10(13)12-2/h3-6H,1,7H2,2H3,(H,12,13). The quantitative estimate of drug-likeness (QED) is 0.606. The fraction of sp³-hybridized carbons (Fsp3) is 0.200.